The van der Waals surface area contributed by atoms with Crippen molar-refractivity contribution in [3.8, 4) is 0 Å². The number of amides is 1. The minimum absolute atomic E-state index is 0.0386. The second-order valence-electron chi connectivity index (χ2n) is 4.47. The van der Waals surface area contributed by atoms with Crippen LogP contribution in [0.2, 0.25) is 5.02 Å². The van der Waals surface area contributed by atoms with Crippen LogP contribution in [0.3, 0.4) is 0 Å². The Hall–Kier alpha value is -1.36. The van der Waals surface area contributed by atoms with E-state index in [1.165, 1.54) is 0 Å². The molecule has 1 fully saturated rings. The van der Waals surface area contributed by atoms with Crippen molar-refractivity contribution in [3.05, 3.63) is 17.4 Å². The smallest absolute Gasteiger partial charge is 0.226 e. The van der Waals surface area contributed by atoms with Crippen molar-refractivity contribution in [3.63, 3.8) is 0 Å². The van der Waals surface area contributed by atoms with Gasteiger partial charge in [0.1, 0.15) is 0 Å². The third-order valence-corrected chi connectivity index (χ3v) is 2.77. The molecule has 0 bridgehead atoms. The summed E-state index contributed by atoms with van der Waals surface area (Å²) in [6.07, 6.45) is 3.12. The fourth-order valence-electron chi connectivity index (χ4n) is 1.68. The zero-order valence-electron chi connectivity index (χ0n) is 9.85. The summed E-state index contributed by atoms with van der Waals surface area (Å²) in [6.45, 7) is 5.24. The molecule has 6 heteroatoms. The number of carbonyl (C=O) groups is 1. The monoisotopic (exact) mass is 254 g/mol. The first-order valence-corrected chi connectivity index (χ1v) is 5.97. The molecule has 17 heavy (non-hydrogen) atoms. The van der Waals surface area contributed by atoms with E-state index in [9.17, 15) is 4.79 Å². The molecule has 0 unspecified atom stereocenters. The van der Waals surface area contributed by atoms with Crippen LogP contribution in [0.15, 0.2) is 12.4 Å². The maximum Gasteiger partial charge on any atom is 0.226 e. The molecule has 1 aliphatic rings. The van der Waals surface area contributed by atoms with E-state index in [1.54, 1.807) is 12.4 Å². The van der Waals surface area contributed by atoms with E-state index in [1.807, 2.05) is 18.7 Å². The molecule has 1 aromatic heterocycles. The van der Waals surface area contributed by atoms with E-state index in [2.05, 4.69) is 15.3 Å². The summed E-state index contributed by atoms with van der Waals surface area (Å²) in [7, 11) is 0. The molecular weight excluding hydrogens is 240 g/mol. The third-order valence-electron chi connectivity index (χ3n) is 2.57. The first kappa shape index (κ1) is 12.1. The van der Waals surface area contributed by atoms with Crippen LogP contribution < -0.4 is 10.2 Å². The van der Waals surface area contributed by atoms with E-state index in [-0.39, 0.29) is 17.9 Å². The maximum absolute atomic E-state index is 11.7. The minimum atomic E-state index is 0.0386. The van der Waals surface area contributed by atoms with Gasteiger partial charge in [-0.05, 0) is 13.8 Å². The molecule has 1 aromatic rings. The lowest BCUT2D eigenvalue weighted by atomic mass is 9.99. The molecule has 2 rings (SSSR count). The van der Waals surface area contributed by atoms with Crippen LogP contribution in [-0.4, -0.2) is 35.0 Å². The van der Waals surface area contributed by atoms with Crippen molar-refractivity contribution < 1.29 is 4.79 Å². The third kappa shape index (κ3) is 2.85. The summed E-state index contributed by atoms with van der Waals surface area (Å²) in [5.74, 6) is 0.768. The molecule has 1 amide bonds. The SMILES string of the molecule is CC(C)NC(=O)C1CN(c2ncc(Cl)cn2)C1. The zero-order chi connectivity index (χ0) is 12.4. The van der Waals surface area contributed by atoms with Gasteiger partial charge in [-0.25, -0.2) is 9.97 Å². The topological polar surface area (TPSA) is 58.1 Å². The molecule has 0 aromatic carbocycles. The van der Waals surface area contributed by atoms with E-state index in [0.29, 0.717) is 24.1 Å². The number of nitrogens with zero attached hydrogens (tertiary/aromatic N) is 3. The minimum Gasteiger partial charge on any atom is -0.354 e. The van der Waals surface area contributed by atoms with Crippen molar-refractivity contribution in [1.29, 1.82) is 0 Å². The molecule has 0 saturated carbocycles. The summed E-state index contributed by atoms with van der Waals surface area (Å²) >= 11 is 5.71. The number of nitrogens with one attached hydrogen (secondary N) is 1. The predicted octanol–water partition coefficient (Wildman–Crippen LogP) is 1.09. The Morgan fingerprint density at radius 3 is 2.59 bits per heavy atom. The standard InChI is InChI=1S/C11H15ClN4O/c1-7(2)15-10(17)8-5-16(6-8)11-13-3-9(12)4-14-11/h3-4,7-8H,5-6H2,1-2H3,(H,15,17). The zero-order valence-corrected chi connectivity index (χ0v) is 10.6. The van der Waals surface area contributed by atoms with Crippen molar-refractivity contribution in [2.45, 2.75) is 19.9 Å². The Bertz CT molecular complexity index is 400. The first-order chi connectivity index (χ1) is 8.06. The van der Waals surface area contributed by atoms with Crippen LogP contribution in [0.5, 0.6) is 0 Å². The van der Waals surface area contributed by atoms with Gasteiger partial charge in [-0.2, -0.15) is 0 Å². The number of hydrogen-bond acceptors (Lipinski definition) is 4. The van der Waals surface area contributed by atoms with Crippen LogP contribution in [0, 0.1) is 5.92 Å². The Morgan fingerprint density at radius 2 is 2.06 bits per heavy atom. The fourth-order valence-corrected chi connectivity index (χ4v) is 1.78. The van der Waals surface area contributed by atoms with E-state index in [4.69, 9.17) is 11.6 Å². The molecular formula is C11H15ClN4O. The molecule has 5 nitrogen and oxygen atoms in total. The average molecular weight is 255 g/mol. The normalized spacial score (nSPS) is 15.9. The van der Waals surface area contributed by atoms with E-state index < -0.39 is 0 Å². The first-order valence-electron chi connectivity index (χ1n) is 5.59. The molecule has 1 saturated heterocycles. The molecule has 0 aliphatic carbocycles. The number of rotatable bonds is 3. The largest absolute Gasteiger partial charge is 0.354 e. The number of halogens is 1. The second kappa shape index (κ2) is 4.87. The van der Waals surface area contributed by atoms with Gasteiger partial charge in [0.15, 0.2) is 0 Å². The van der Waals surface area contributed by atoms with Crippen LogP contribution in [-0.2, 0) is 4.79 Å². The van der Waals surface area contributed by atoms with Gasteiger partial charge in [-0.1, -0.05) is 11.6 Å². The highest BCUT2D eigenvalue weighted by Gasteiger charge is 2.34. The maximum atomic E-state index is 11.7. The summed E-state index contributed by atoms with van der Waals surface area (Å²) < 4.78 is 0. The van der Waals surface area contributed by atoms with Gasteiger partial charge >= 0.3 is 0 Å². The van der Waals surface area contributed by atoms with Gasteiger partial charge in [0.25, 0.3) is 0 Å². The predicted molar refractivity (Wildman–Crippen MR) is 66.0 cm³/mol. The van der Waals surface area contributed by atoms with Crippen molar-refractivity contribution in [1.82, 2.24) is 15.3 Å². The number of aromatic nitrogens is 2. The van der Waals surface area contributed by atoms with Crippen LogP contribution in [0.1, 0.15) is 13.8 Å². The quantitative estimate of drug-likeness (QED) is 0.877. The lowest BCUT2D eigenvalue weighted by Gasteiger charge is -2.38. The second-order valence-corrected chi connectivity index (χ2v) is 4.90. The van der Waals surface area contributed by atoms with Gasteiger partial charge in [-0.15, -0.1) is 0 Å². The highest BCUT2D eigenvalue weighted by Crippen LogP contribution is 2.21. The number of hydrogen-bond donors (Lipinski definition) is 1. The van der Waals surface area contributed by atoms with Crippen LogP contribution in [0.4, 0.5) is 5.95 Å². The Balaban J connectivity index is 1.86. The van der Waals surface area contributed by atoms with Gasteiger partial charge in [0, 0.05) is 19.1 Å². The summed E-state index contributed by atoms with van der Waals surface area (Å²) in [4.78, 5) is 21.8. The Morgan fingerprint density at radius 1 is 1.47 bits per heavy atom. The van der Waals surface area contributed by atoms with Crippen LogP contribution >= 0.6 is 11.6 Å². The fraction of sp³-hybridized carbons (Fsp3) is 0.545. The van der Waals surface area contributed by atoms with Gasteiger partial charge in [0.05, 0.1) is 23.3 Å². The van der Waals surface area contributed by atoms with Gasteiger partial charge < -0.3 is 10.2 Å². The molecule has 2 heterocycles. The summed E-state index contributed by atoms with van der Waals surface area (Å²) in [5.41, 5.74) is 0. The van der Waals surface area contributed by atoms with Crippen molar-refractivity contribution in [2.75, 3.05) is 18.0 Å². The molecule has 0 radical (unpaired) electrons. The van der Waals surface area contributed by atoms with Crippen molar-refractivity contribution in [2.24, 2.45) is 5.92 Å². The molecule has 1 aliphatic heterocycles. The number of anilines is 1. The Kier molecular flexibility index (Phi) is 3.47. The lowest BCUT2D eigenvalue weighted by molar-refractivity contribution is -0.126. The van der Waals surface area contributed by atoms with Crippen LogP contribution in [0.25, 0.3) is 0 Å². The molecule has 0 atom stereocenters. The lowest BCUT2D eigenvalue weighted by Crippen LogP contribution is -2.55. The summed E-state index contributed by atoms with van der Waals surface area (Å²) in [6, 6.07) is 0.184. The van der Waals surface area contributed by atoms with Gasteiger partial charge in [-0.3, -0.25) is 4.79 Å². The van der Waals surface area contributed by atoms with E-state index in [0.717, 1.165) is 0 Å². The molecule has 1 N–H and O–H groups in total. The van der Waals surface area contributed by atoms with E-state index >= 15 is 0 Å². The Labute approximate surface area is 105 Å². The summed E-state index contributed by atoms with van der Waals surface area (Å²) in [5, 5.41) is 3.42. The highest BCUT2D eigenvalue weighted by molar-refractivity contribution is 6.30. The molecule has 92 valence electrons. The van der Waals surface area contributed by atoms with Crippen molar-refractivity contribution >= 4 is 23.5 Å². The number of carbonyl (C=O) groups excluding carboxylic acids is 1. The molecule has 0 spiro atoms. The average Bonchev–Trinajstić information content (AvgIpc) is 2.17. The van der Waals surface area contributed by atoms with Gasteiger partial charge in [0.2, 0.25) is 11.9 Å². The highest BCUT2D eigenvalue weighted by atomic mass is 35.5.